The van der Waals surface area contributed by atoms with Crippen molar-refractivity contribution in [3.8, 4) is 11.5 Å². The van der Waals surface area contributed by atoms with Gasteiger partial charge in [-0.2, -0.15) is 0 Å². The number of carbonyl (C=O) groups is 2. The highest BCUT2D eigenvalue weighted by atomic mass is 16.5. The van der Waals surface area contributed by atoms with Gasteiger partial charge in [0, 0.05) is 19.5 Å². The topological polar surface area (TPSA) is 65.1 Å². The molecule has 2 aliphatic heterocycles. The number of ether oxygens (including phenoxy) is 3. The van der Waals surface area contributed by atoms with Crippen molar-refractivity contribution in [2.45, 2.75) is 25.7 Å². The van der Waals surface area contributed by atoms with E-state index in [1.54, 1.807) is 23.1 Å². The minimum absolute atomic E-state index is 0.143. The monoisotopic (exact) mass is 409 g/mol. The van der Waals surface area contributed by atoms with E-state index in [2.05, 4.69) is 24.3 Å². The van der Waals surface area contributed by atoms with E-state index in [0.29, 0.717) is 49.3 Å². The number of hydrogen-bond donors (Lipinski definition) is 0. The van der Waals surface area contributed by atoms with Crippen molar-refractivity contribution >= 4 is 11.9 Å². The molecule has 4 rings (SSSR count). The fraction of sp³-hybridized carbons (Fsp3) is 0.417. The molecule has 0 saturated carbocycles. The number of amides is 1. The van der Waals surface area contributed by atoms with Crippen molar-refractivity contribution in [3.63, 3.8) is 0 Å². The molecule has 2 heterocycles. The van der Waals surface area contributed by atoms with E-state index < -0.39 is 5.97 Å². The fourth-order valence-electron chi connectivity index (χ4n) is 3.93. The van der Waals surface area contributed by atoms with Crippen LogP contribution >= 0.6 is 0 Å². The third kappa shape index (κ3) is 5.12. The van der Waals surface area contributed by atoms with Gasteiger partial charge in [0.2, 0.25) is 0 Å². The first-order valence-electron chi connectivity index (χ1n) is 10.6. The number of esters is 1. The Bertz CT molecular complexity index is 874. The van der Waals surface area contributed by atoms with Crippen LogP contribution in [0.15, 0.2) is 48.5 Å². The SMILES string of the molecule is O=C(OCC(=O)N1CCC(Cc2ccccc2)CC1)c1ccc2c(c1)OCCCO2. The van der Waals surface area contributed by atoms with Crippen molar-refractivity contribution in [3.05, 3.63) is 59.7 Å². The molecule has 2 aromatic rings. The number of fused-ring (bicyclic) bond motifs is 1. The second-order valence-electron chi connectivity index (χ2n) is 7.80. The standard InChI is InChI=1S/C24H27NO5/c26-23(25-11-9-19(10-12-25)15-18-5-2-1-3-6-18)17-30-24(27)20-7-8-21-22(16-20)29-14-4-13-28-21/h1-3,5-8,16,19H,4,9-15,17H2. The van der Waals surface area contributed by atoms with E-state index in [0.717, 1.165) is 25.7 Å². The summed E-state index contributed by atoms with van der Waals surface area (Å²) in [6.45, 7) is 2.31. The van der Waals surface area contributed by atoms with Crippen LogP contribution in [0.5, 0.6) is 11.5 Å². The van der Waals surface area contributed by atoms with Gasteiger partial charge < -0.3 is 19.1 Å². The van der Waals surface area contributed by atoms with Gasteiger partial charge in [-0.3, -0.25) is 4.79 Å². The van der Waals surface area contributed by atoms with Crippen LogP contribution in [-0.4, -0.2) is 49.7 Å². The lowest BCUT2D eigenvalue weighted by molar-refractivity contribution is -0.135. The van der Waals surface area contributed by atoms with Gasteiger partial charge in [0.25, 0.3) is 5.91 Å². The van der Waals surface area contributed by atoms with E-state index in [9.17, 15) is 9.59 Å². The summed E-state index contributed by atoms with van der Waals surface area (Å²) in [5, 5.41) is 0. The van der Waals surface area contributed by atoms with Gasteiger partial charge in [0.15, 0.2) is 18.1 Å². The molecule has 1 saturated heterocycles. The van der Waals surface area contributed by atoms with Crippen molar-refractivity contribution < 1.29 is 23.8 Å². The number of piperidine rings is 1. The van der Waals surface area contributed by atoms with Gasteiger partial charge in [-0.15, -0.1) is 0 Å². The molecule has 2 aromatic carbocycles. The molecule has 1 amide bonds. The Labute approximate surface area is 176 Å². The summed E-state index contributed by atoms with van der Waals surface area (Å²) in [6, 6.07) is 15.4. The average Bonchev–Trinajstić information content (AvgIpc) is 3.03. The third-order valence-corrected chi connectivity index (χ3v) is 5.64. The molecule has 0 spiro atoms. The molecule has 6 nitrogen and oxygen atoms in total. The van der Waals surface area contributed by atoms with Crippen LogP contribution in [0.1, 0.15) is 35.2 Å². The predicted octanol–water partition coefficient (Wildman–Crippen LogP) is 3.49. The molecule has 30 heavy (non-hydrogen) atoms. The minimum Gasteiger partial charge on any atom is -0.490 e. The molecule has 0 unspecified atom stereocenters. The van der Waals surface area contributed by atoms with Gasteiger partial charge in [0.05, 0.1) is 18.8 Å². The first-order valence-corrected chi connectivity index (χ1v) is 10.6. The summed E-state index contributed by atoms with van der Waals surface area (Å²) >= 11 is 0. The van der Waals surface area contributed by atoms with E-state index in [4.69, 9.17) is 14.2 Å². The second-order valence-corrected chi connectivity index (χ2v) is 7.80. The smallest absolute Gasteiger partial charge is 0.338 e. The van der Waals surface area contributed by atoms with Crippen molar-refractivity contribution in [1.29, 1.82) is 0 Å². The quantitative estimate of drug-likeness (QED) is 0.708. The highest BCUT2D eigenvalue weighted by molar-refractivity contribution is 5.92. The first-order chi connectivity index (χ1) is 14.7. The predicted molar refractivity (Wildman–Crippen MR) is 112 cm³/mol. The Balaban J connectivity index is 1.24. The number of rotatable bonds is 5. The van der Waals surface area contributed by atoms with Gasteiger partial charge in [-0.1, -0.05) is 30.3 Å². The number of likely N-dealkylation sites (tertiary alicyclic amines) is 1. The van der Waals surface area contributed by atoms with E-state index in [1.807, 2.05) is 6.07 Å². The zero-order valence-corrected chi connectivity index (χ0v) is 17.0. The van der Waals surface area contributed by atoms with E-state index in [1.165, 1.54) is 5.56 Å². The first kappa shape index (κ1) is 20.3. The molecule has 0 radical (unpaired) electrons. The van der Waals surface area contributed by atoms with Gasteiger partial charge >= 0.3 is 5.97 Å². The number of carbonyl (C=O) groups excluding carboxylic acids is 2. The number of nitrogens with zero attached hydrogens (tertiary/aromatic N) is 1. The van der Waals surface area contributed by atoms with Crippen molar-refractivity contribution in [2.75, 3.05) is 32.9 Å². The molecule has 0 bridgehead atoms. The highest BCUT2D eigenvalue weighted by Gasteiger charge is 2.24. The zero-order valence-electron chi connectivity index (χ0n) is 17.0. The summed E-state index contributed by atoms with van der Waals surface area (Å²) < 4.78 is 16.4. The van der Waals surface area contributed by atoms with Crippen LogP contribution < -0.4 is 9.47 Å². The van der Waals surface area contributed by atoms with Crippen molar-refractivity contribution in [2.24, 2.45) is 5.92 Å². The van der Waals surface area contributed by atoms with Crippen LogP contribution in [0.3, 0.4) is 0 Å². The Morgan fingerprint density at radius 1 is 0.967 bits per heavy atom. The highest BCUT2D eigenvalue weighted by Crippen LogP contribution is 2.30. The summed E-state index contributed by atoms with van der Waals surface area (Å²) in [6.07, 6.45) is 3.78. The van der Waals surface area contributed by atoms with E-state index in [-0.39, 0.29) is 12.5 Å². The molecule has 2 aliphatic rings. The molecule has 0 aliphatic carbocycles. The lowest BCUT2D eigenvalue weighted by Gasteiger charge is -2.32. The van der Waals surface area contributed by atoms with Gasteiger partial charge in [0.1, 0.15) is 0 Å². The normalized spacial score (nSPS) is 16.6. The van der Waals surface area contributed by atoms with Crippen LogP contribution in [0, 0.1) is 5.92 Å². The summed E-state index contributed by atoms with van der Waals surface area (Å²) in [4.78, 5) is 26.6. The Kier molecular flexibility index (Phi) is 6.52. The molecule has 1 fully saturated rings. The van der Waals surface area contributed by atoms with Crippen LogP contribution in [0.4, 0.5) is 0 Å². The van der Waals surface area contributed by atoms with Crippen molar-refractivity contribution in [1.82, 2.24) is 4.90 Å². The lowest BCUT2D eigenvalue weighted by Crippen LogP contribution is -2.41. The van der Waals surface area contributed by atoms with Gasteiger partial charge in [-0.05, 0) is 48.9 Å². The maximum atomic E-state index is 12.5. The van der Waals surface area contributed by atoms with Crippen LogP contribution in [0.2, 0.25) is 0 Å². The second kappa shape index (κ2) is 9.65. The molecular formula is C24H27NO5. The number of benzene rings is 2. The minimum atomic E-state index is -0.530. The Morgan fingerprint density at radius 3 is 2.47 bits per heavy atom. The molecular weight excluding hydrogens is 382 g/mol. The third-order valence-electron chi connectivity index (χ3n) is 5.64. The van der Waals surface area contributed by atoms with E-state index >= 15 is 0 Å². The number of hydrogen-bond acceptors (Lipinski definition) is 5. The molecule has 0 N–H and O–H groups in total. The fourth-order valence-corrected chi connectivity index (χ4v) is 3.93. The summed E-state index contributed by atoms with van der Waals surface area (Å²) in [7, 11) is 0. The largest absolute Gasteiger partial charge is 0.490 e. The van der Waals surface area contributed by atoms with Crippen LogP contribution in [-0.2, 0) is 16.0 Å². The zero-order chi connectivity index (χ0) is 20.8. The summed E-state index contributed by atoms with van der Waals surface area (Å²) in [5.41, 5.74) is 1.69. The molecule has 0 atom stereocenters. The average molecular weight is 409 g/mol. The summed E-state index contributed by atoms with van der Waals surface area (Å²) in [5.74, 6) is 1.07. The Hall–Kier alpha value is -3.02. The maximum absolute atomic E-state index is 12.5. The van der Waals surface area contributed by atoms with Crippen LogP contribution in [0.25, 0.3) is 0 Å². The molecule has 6 heteroatoms. The molecule has 158 valence electrons. The van der Waals surface area contributed by atoms with Gasteiger partial charge in [-0.25, -0.2) is 4.79 Å². The maximum Gasteiger partial charge on any atom is 0.338 e. The Morgan fingerprint density at radius 2 is 1.70 bits per heavy atom. The lowest BCUT2D eigenvalue weighted by atomic mass is 9.90. The molecule has 0 aromatic heterocycles.